The molecule has 41 heavy (non-hydrogen) atoms. The normalized spacial score (nSPS) is 12.1. The topological polar surface area (TPSA) is 128 Å². The summed E-state index contributed by atoms with van der Waals surface area (Å²) in [7, 11) is 0. The maximum Gasteiger partial charge on any atom is 0.251 e. The second-order valence-corrected chi connectivity index (χ2v) is 10.5. The molecule has 0 fully saturated rings. The molecule has 1 atom stereocenters. The van der Waals surface area contributed by atoms with Crippen molar-refractivity contribution in [3.8, 4) is 28.1 Å². The van der Waals surface area contributed by atoms with Crippen LogP contribution in [0.3, 0.4) is 0 Å². The van der Waals surface area contributed by atoms with Gasteiger partial charge in [-0.1, -0.05) is 29.4 Å². The van der Waals surface area contributed by atoms with E-state index in [1.165, 1.54) is 0 Å². The van der Waals surface area contributed by atoms with Crippen molar-refractivity contribution in [3.05, 3.63) is 89.6 Å². The lowest BCUT2D eigenvalue weighted by molar-refractivity contribution is 0.0930. The lowest BCUT2D eigenvalue weighted by atomic mass is 10.0. The van der Waals surface area contributed by atoms with Crippen molar-refractivity contribution in [1.82, 2.24) is 19.9 Å². The summed E-state index contributed by atoms with van der Waals surface area (Å²) in [5, 5.41) is 16.8. The van der Waals surface area contributed by atoms with E-state index in [0.717, 1.165) is 45.0 Å². The Morgan fingerprint density at radius 3 is 2.59 bits per heavy atom. The molecular formula is C32H35N5O4. The maximum atomic E-state index is 13.0. The summed E-state index contributed by atoms with van der Waals surface area (Å²) in [6.45, 7) is 7.63. The number of imidazole rings is 1. The van der Waals surface area contributed by atoms with E-state index in [9.17, 15) is 9.90 Å². The number of aromatic nitrogens is 3. The van der Waals surface area contributed by atoms with Gasteiger partial charge in [0.25, 0.3) is 5.91 Å². The minimum absolute atomic E-state index is 0.0179. The van der Waals surface area contributed by atoms with Gasteiger partial charge in [-0.3, -0.25) is 4.79 Å². The predicted octanol–water partition coefficient (Wildman–Crippen LogP) is 5.37. The van der Waals surface area contributed by atoms with Gasteiger partial charge in [-0.05, 0) is 76.4 Å². The Hall–Kier alpha value is -4.63. The minimum atomic E-state index is -0.251. The molecule has 3 heterocycles. The van der Waals surface area contributed by atoms with Crippen LogP contribution in [-0.2, 0) is 6.42 Å². The highest BCUT2D eigenvalue weighted by atomic mass is 16.5. The number of aliphatic hydroxyl groups excluding tert-OH is 1. The number of benzene rings is 2. The number of nitrogens with zero attached hydrogens (tertiary/aromatic N) is 3. The van der Waals surface area contributed by atoms with Crippen molar-refractivity contribution in [2.24, 2.45) is 0 Å². The van der Waals surface area contributed by atoms with Gasteiger partial charge >= 0.3 is 0 Å². The van der Waals surface area contributed by atoms with Gasteiger partial charge in [0.1, 0.15) is 17.2 Å². The summed E-state index contributed by atoms with van der Waals surface area (Å²) >= 11 is 0. The molecule has 0 radical (unpaired) electrons. The van der Waals surface area contributed by atoms with Crippen molar-refractivity contribution in [1.29, 1.82) is 0 Å². The molecule has 9 heteroatoms. The number of aliphatic hydroxyl groups is 1. The highest BCUT2D eigenvalue weighted by Gasteiger charge is 2.18. The number of anilines is 1. The van der Waals surface area contributed by atoms with Gasteiger partial charge < -0.3 is 29.8 Å². The molecule has 1 amide bonds. The lowest BCUT2D eigenvalue weighted by Gasteiger charge is -2.19. The molecular weight excluding hydrogens is 518 g/mol. The second-order valence-electron chi connectivity index (χ2n) is 10.5. The third-order valence-electron chi connectivity index (χ3n) is 6.96. The zero-order valence-corrected chi connectivity index (χ0v) is 23.7. The fourth-order valence-corrected chi connectivity index (χ4v) is 5.01. The standard InChI is InChI=1S/C32H35N5O4/c1-19(2)40-29-12-11-24(17-27(29)33)32(39)34-25(13-15-38)16-22-7-9-23(10-8-22)28-18-37-14-5-6-26(31(37)35-28)30-20(3)36-41-21(30)4/h5-12,14,17-19,25,38H,13,15-16,33H2,1-4H3,(H,34,39)/t25-/m1/s1. The molecule has 2 aromatic carbocycles. The summed E-state index contributed by atoms with van der Waals surface area (Å²) in [5.74, 6) is 1.06. The first kappa shape index (κ1) is 27.9. The molecule has 9 nitrogen and oxygen atoms in total. The zero-order valence-electron chi connectivity index (χ0n) is 23.7. The first-order valence-electron chi connectivity index (χ1n) is 13.7. The quantitative estimate of drug-likeness (QED) is 0.199. The number of hydrogen-bond donors (Lipinski definition) is 3. The van der Waals surface area contributed by atoms with Crippen molar-refractivity contribution in [2.45, 2.75) is 52.7 Å². The van der Waals surface area contributed by atoms with Crippen LogP contribution in [0.15, 0.2) is 71.5 Å². The van der Waals surface area contributed by atoms with Crippen LogP contribution < -0.4 is 15.8 Å². The Balaban J connectivity index is 1.31. The highest BCUT2D eigenvalue weighted by molar-refractivity contribution is 5.95. The molecule has 0 saturated carbocycles. The number of nitrogen functional groups attached to an aromatic ring is 1. The van der Waals surface area contributed by atoms with Gasteiger partial charge in [0.05, 0.1) is 28.7 Å². The van der Waals surface area contributed by atoms with Gasteiger partial charge in [0, 0.05) is 41.7 Å². The fraction of sp³-hybridized carbons (Fsp3) is 0.281. The number of carbonyl (C=O) groups is 1. The number of nitrogens with one attached hydrogen (secondary N) is 1. The van der Waals surface area contributed by atoms with Gasteiger partial charge in [-0.2, -0.15) is 0 Å². The molecule has 5 aromatic rings. The lowest BCUT2D eigenvalue weighted by Crippen LogP contribution is -2.37. The van der Waals surface area contributed by atoms with Crippen molar-refractivity contribution in [2.75, 3.05) is 12.3 Å². The minimum Gasteiger partial charge on any atom is -0.489 e. The summed E-state index contributed by atoms with van der Waals surface area (Å²) < 4.78 is 13.1. The smallest absolute Gasteiger partial charge is 0.251 e. The van der Waals surface area contributed by atoms with Crippen LogP contribution in [0.25, 0.3) is 28.0 Å². The average molecular weight is 554 g/mol. The number of fused-ring (bicyclic) bond motifs is 1. The van der Waals surface area contributed by atoms with E-state index >= 15 is 0 Å². The number of amides is 1. The van der Waals surface area contributed by atoms with Crippen molar-refractivity contribution in [3.63, 3.8) is 0 Å². The van der Waals surface area contributed by atoms with Crippen LogP contribution >= 0.6 is 0 Å². The van der Waals surface area contributed by atoms with E-state index in [0.29, 0.717) is 29.8 Å². The van der Waals surface area contributed by atoms with Crippen LogP contribution in [0.1, 0.15) is 47.6 Å². The number of rotatable bonds is 10. The number of carbonyl (C=O) groups excluding carboxylic acids is 1. The average Bonchev–Trinajstić information content (AvgIpc) is 3.53. The first-order valence-corrected chi connectivity index (χ1v) is 13.7. The molecule has 0 saturated heterocycles. The molecule has 3 aromatic heterocycles. The van der Waals surface area contributed by atoms with Crippen molar-refractivity contribution >= 4 is 17.2 Å². The molecule has 0 aliphatic heterocycles. The van der Waals surface area contributed by atoms with Gasteiger partial charge in [-0.15, -0.1) is 0 Å². The Kier molecular flexibility index (Phi) is 8.07. The molecule has 0 bridgehead atoms. The summed E-state index contributed by atoms with van der Waals surface area (Å²) in [6, 6.07) is 16.9. The Morgan fingerprint density at radius 1 is 1.15 bits per heavy atom. The molecule has 212 valence electrons. The summed E-state index contributed by atoms with van der Waals surface area (Å²) in [5.41, 5.74) is 13.4. The molecule has 0 unspecified atom stereocenters. The molecule has 5 rings (SSSR count). The number of hydrogen-bond acceptors (Lipinski definition) is 7. The molecule has 0 aliphatic rings. The summed E-state index contributed by atoms with van der Waals surface area (Å²) in [4.78, 5) is 17.9. The molecule has 0 spiro atoms. The van der Waals surface area contributed by atoms with E-state index < -0.39 is 0 Å². The van der Waals surface area contributed by atoms with E-state index in [1.807, 2.05) is 80.9 Å². The Bertz CT molecular complexity index is 1650. The third-order valence-corrected chi connectivity index (χ3v) is 6.96. The highest BCUT2D eigenvalue weighted by Crippen LogP contribution is 2.31. The largest absolute Gasteiger partial charge is 0.489 e. The van der Waals surface area contributed by atoms with Gasteiger partial charge in [-0.25, -0.2) is 4.98 Å². The maximum absolute atomic E-state index is 13.0. The Morgan fingerprint density at radius 2 is 1.93 bits per heavy atom. The number of nitrogens with two attached hydrogens (primary N) is 1. The fourth-order valence-electron chi connectivity index (χ4n) is 5.01. The number of aryl methyl sites for hydroxylation is 2. The zero-order chi connectivity index (χ0) is 29.1. The van der Waals surface area contributed by atoms with Crippen LogP contribution in [0, 0.1) is 13.8 Å². The van der Waals surface area contributed by atoms with E-state index in [1.54, 1.807) is 18.2 Å². The van der Waals surface area contributed by atoms with Crippen molar-refractivity contribution < 1.29 is 19.2 Å². The second kappa shape index (κ2) is 11.9. The number of ether oxygens (including phenoxy) is 1. The molecule has 0 aliphatic carbocycles. The van der Waals surface area contributed by atoms with Gasteiger partial charge in [0.2, 0.25) is 0 Å². The number of pyridine rings is 1. The van der Waals surface area contributed by atoms with E-state index in [-0.39, 0.29) is 24.7 Å². The van der Waals surface area contributed by atoms with Crippen LogP contribution in [0.2, 0.25) is 0 Å². The predicted molar refractivity (Wildman–Crippen MR) is 159 cm³/mol. The van der Waals surface area contributed by atoms with Crippen LogP contribution in [-0.4, -0.2) is 44.3 Å². The SMILES string of the molecule is Cc1noc(C)c1-c1cccn2cc(-c3ccc(C[C@@H](CCO)NC(=O)c4ccc(OC(C)C)c(N)c4)cc3)nc12. The summed E-state index contributed by atoms with van der Waals surface area (Å²) in [6.07, 6.45) is 4.95. The van der Waals surface area contributed by atoms with E-state index in [4.69, 9.17) is 20.0 Å². The van der Waals surface area contributed by atoms with Crippen LogP contribution in [0.5, 0.6) is 5.75 Å². The van der Waals surface area contributed by atoms with Crippen LogP contribution in [0.4, 0.5) is 5.69 Å². The first-order chi connectivity index (χ1) is 19.7. The monoisotopic (exact) mass is 553 g/mol. The third kappa shape index (κ3) is 6.10. The Labute approximate surface area is 239 Å². The van der Waals surface area contributed by atoms with E-state index in [2.05, 4.69) is 10.5 Å². The van der Waals surface area contributed by atoms with Gasteiger partial charge in [0.15, 0.2) is 0 Å². The molecule has 4 N–H and O–H groups in total.